The van der Waals surface area contributed by atoms with Gasteiger partial charge in [0, 0.05) is 10.6 Å². The van der Waals surface area contributed by atoms with Gasteiger partial charge in [-0.15, -0.1) is 5.10 Å². The Morgan fingerprint density at radius 2 is 2.11 bits per heavy atom. The highest BCUT2D eigenvalue weighted by Gasteiger charge is 2.34. The van der Waals surface area contributed by atoms with Gasteiger partial charge in [0.05, 0.1) is 0 Å². The topological polar surface area (TPSA) is 80.9 Å². The second-order valence-corrected chi connectivity index (χ2v) is 5.10. The van der Waals surface area contributed by atoms with Gasteiger partial charge in [0.15, 0.2) is 11.4 Å². The number of hydrogen-bond donors (Lipinski definition) is 1. The van der Waals surface area contributed by atoms with Gasteiger partial charge in [-0.1, -0.05) is 23.7 Å². The molecule has 0 spiro atoms. The monoisotopic (exact) mass is 280 g/mol. The summed E-state index contributed by atoms with van der Waals surface area (Å²) >= 11 is 6.07. The summed E-state index contributed by atoms with van der Waals surface area (Å²) in [5.74, 6) is -0.631. The highest BCUT2D eigenvalue weighted by Crippen LogP contribution is 2.29. The van der Waals surface area contributed by atoms with Gasteiger partial charge in [0.2, 0.25) is 0 Å². The first-order valence-corrected chi connectivity index (χ1v) is 6.01. The van der Waals surface area contributed by atoms with Gasteiger partial charge in [0.1, 0.15) is 0 Å². The number of rotatable bonds is 3. The van der Waals surface area contributed by atoms with E-state index in [1.165, 1.54) is 18.5 Å². The maximum Gasteiger partial charge on any atom is 0.331 e. The van der Waals surface area contributed by atoms with Gasteiger partial charge in [-0.25, -0.2) is 9.48 Å². The lowest BCUT2D eigenvalue weighted by atomic mass is 10.0. The second-order valence-electron chi connectivity index (χ2n) is 4.69. The van der Waals surface area contributed by atoms with E-state index in [1.54, 1.807) is 18.2 Å². The molecular weight excluding hydrogens is 268 g/mol. The summed E-state index contributed by atoms with van der Waals surface area (Å²) in [6, 6.07) is 5.34. The SMILES string of the molecule is Cc1c(Cl)cccc1-c1nnnn1C(C)(C)C(=O)O. The number of nitrogens with zero attached hydrogens (tertiary/aromatic N) is 4. The zero-order chi connectivity index (χ0) is 14.2. The zero-order valence-electron chi connectivity index (χ0n) is 10.8. The average molecular weight is 281 g/mol. The standard InChI is InChI=1S/C12H13ClN4O2/c1-7-8(5-4-6-9(7)13)10-14-15-16-17(10)12(2,3)11(18)19/h4-6H,1-3H3,(H,18,19). The zero-order valence-corrected chi connectivity index (χ0v) is 11.5. The van der Waals surface area contributed by atoms with E-state index in [2.05, 4.69) is 15.5 Å². The van der Waals surface area contributed by atoms with Crippen molar-refractivity contribution in [1.82, 2.24) is 20.2 Å². The molecule has 0 aliphatic rings. The number of carboxylic acids is 1. The number of tetrazole rings is 1. The minimum atomic E-state index is -1.24. The van der Waals surface area contributed by atoms with Crippen molar-refractivity contribution >= 4 is 17.6 Å². The summed E-state index contributed by atoms with van der Waals surface area (Å²) in [5.41, 5.74) is 0.279. The molecule has 1 aromatic carbocycles. The van der Waals surface area contributed by atoms with Gasteiger partial charge in [-0.05, 0) is 42.8 Å². The number of halogens is 1. The first-order valence-electron chi connectivity index (χ1n) is 5.63. The van der Waals surface area contributed by atoms with Gasteiger partial charge < -0.3 is 5.11 Å². The van der Waals surface area contributed by atoms with E-state index in [1.807, 2.05) is 6.92 Å². The van der Waals surface area contributed by atoms with E-state index >= 15 is 0 Å². The van der Waals surface area contributed by atoms with Crippen molar-refractivity contribution in [1.29, 1.82) is 0 Å². The number of carboxylic acid groups (broad SMARTS) is 1. The van der Waals surface area contributed by atoms with Crippen molar-refractivity contribution in [2.45, 2.75) is 26.3 Å². The van der Waals surface area contributed by atoms with Crippen molar-refractivity contribution in [3.05, 3.63) is 28.8 Å². The Balaban J connectivity index is 2.63. The predicted molar refractivity (Wildman–Crippen MR) is 70.0 cm³/mol. The summed E-state index contributed by atoms with van der Waals surface area (Å²) in [5, 5.41) is 21.1. The highest BCUT2D eigenvalue weighted by molar-refractivity contribution is 6.31. The highest BCUT2D eigenvalue weighted by atomic mass is 35.5. The van der Waals surface area contributed by atoms with Crippen molar-refractivity contribution in [3.8, 4) is 11.4 Å². The molecule has 0 unspecified atom stereocenters. The minimum absolute atomic E-state index is 0.382. The smallest absolute Gasteiger partial charge is 0.331 e. The van der Waals surface area contributed by atoms with E-state index in [9.17, 15) is 9.90 Å². The molecule has 1 aromatic heterocycles. The molecule has 0 saturated heterocycles. The van der Waals surface area contributed by atoms with Gasteiger partial charge in [-0.2, -0.15) is 0 Å². The van der Waals surface area contributed by atoms with Crippen LogP contribution in [0.2, 0.25) is 5.02 Å². The fourth-order valence-corrected chi connectivity index (χ4v) is 1.85. The van der Waals surface area contributed by atoms with Crippen LogP contribution in [0.5, 0.6) is 0 Å². The van der Waals surface area contributed by atoms with Crippen molar-refractivity contribution in [2.75, 3.05) is 0 Å². The Labute approximate surface area is 115 Å². The number of hydrogen-bond acceptors (Lipinski definition) is 4. The second kappa shape index (κ2) is 4.62. The first-order chi connectivity index (χ1) is 8.85. The molecular formula is C12H13ClN4O2. The molecule has 0 fully saturated rings. The molecule has 0 atom stereocenters. The van der Waals surface area contributed by atoms with Crippen LogP contribution in [0.15, 0.2) is 18.2 Å². The Morgan fingerprint density at radius 1 is 1.42 bits per heavy atom. The van der Waals surface area contributed by atoms with Crippen LogP contribution in [0.25, 0.3) is 11.4 Å². The van der Waals surface area contributed by atoms with Crippen LogP contribution in [0.3, 0.4) is 0 Å². The molecule has 19 heavy (non-hydrogen) atoms. The summed E-state index contributed by atoms with van der Waals surface area (Å²) in [6.45, 7) is 4.91. The Bertz CT molecular complexity index is 636. The van der Waals surface area contributed by atoms with Crippen molar-refractivity contribution in [2.24, 2.45) is 0 Å². The lowest BCUT2D eigenvalue weighted by Crippen LogP contribution is -2.37. The van der Waals surface area contributed by atoms with E-state index in [-0.39, 0.29) is 0 Å². The number of carbonyl (C=O) groups is 1. The molecule has 7 heteroatoms. The van der Waals surface area contributed by atoms with Crippen LogP contribution in [0.1, 0.15) is 19.4 Å². The lowest BCUT2D eigenvalue weighted by Gasteiger charge is -2.21. The maximum absolute atomic E-state index is 11.3. The first kappa shape index (κ1) is 13.5. The molecule has 0 aliphatic heterocycles. The van der Waals surface area contributed by atoms with Crippen LogP contribution in [-0.2, 0) is 10.3 Å². The third-order valence-corrected chi connectivity index (χ3v) is 3.44. The minimum Gasteiger partial charge on any atom is -0.479 e. The van der Waals surface area contributed by atoms with Gasteiger partial charge in [0.25, 0.3) is 0 Å². The fourth-order valence-electron chi connectivity index (χ4n) is 1.67. The van der Waals surface area contributed by atoms with Crippen LogP contribution < -0.4 is 0 Å². The van der Waals surface area contributed by atoms with Gasteiger partial charge in [-0.3, -0.25) is 0 Å². The van der Waals surface area contributed by atoms with E-state index in [0.717, 1.165) is 5.56 Å². The summed E-state index contributed by atoms with van der Waals surface area (Å²) in [4.78, 5) is 11.3. The normalized spacial score (nSPS) is 11.6. The maximum atomic E-state index is 11.3. The summed E-state index contributed by atoms with van der Waals surface area (Å²) in [6.07, 6.45) is 0. The molecule has 0 bridgehead atoms. The third kappa shape index (κ3) is 2.19. The molecule has 0 saturated carbocycles. The van der Waals surface area contributed by atoms with Crippen LogP contribution in [0, 0.1) is 6.92 Å². The summed E-state index contributed by atoms with van der Waals surface area (Å²) < 4.78 is 1.29. The molecule has 100 valence electrons. The van der Waals surface area contributed by atoms with Crippen LogP contribution >= 0.6 is 11.6 Å². The largest absolute Gasteiger partial charge is 0.479 e. The third-order valence-electron chi connectivity index (χ3n) is 3.03. The Morgan fingerprint density at radius 3 is 2.74 bits per heavy atom. The van der Waals surface area contributed by atoms with Crippen molar-refractivity contribution < 1.29 is 9.90 Å². The van der Waals surface area contributed by atoms with E-state index in [4.69, 9.17) is 11.6 Å². The number of aliphatic carboxylic acids is 1. The lowest BCUT2D eigenvalue weighted by molar-refractivity contribution is -0.146. The number of benzene rings is 1. The van der Waals surface area contributed by atoms with Gasteiger partial charge >= 0.3 is 5.97 Å². The average Bonchev–Trinajstić information content (AvgIpc) is 2.82. The molecule has 0 aliphatic carbocycles. The molecule has 1 heterocycles. The quantitative estimate of drug-likeness (QED) is 0.931. The molecule has 2 aromatic rings. The van der Waals surface area contributed by atoms with Crippen LogP contribution in [0.4, 0.5) is 0 Å². The Hall–Kier alpha value is -1.95. The molecule has 2 rings (SSSR count). The Kier molecular flexibility index (Phi) is 3.28. The van der Waals surface area contributed by atoms with E-state index < -0.39 is 11.5 Å². The molecule has 0 radical (unpaired) electrons. The molecule has 6 nitrogen and oxygen atoms in total. The fraction of sp³-hybridized carbons (Fsp3) is 0.333. The summed E-state index contributed by atoms with van der Waals surface area (Å²) in [7, 11) is 0. The molecule has 0 amide bonds. The molecule has 1 N–H and O–H groups in total. The number of aromatic nitrogens is 4. The van der Waals surface area contributed by atoms with E-state index in [0.29, 0.717) is 16.4 Å². The van der Waals surface area contributed by atoms with Crippen molar-refractivity contribution in [3.63, 3.8) is 0 Å². The predicted octanol–water partition coefficient (Wildman–Crippen LogP) is 2.12. The van der Waals surface area contributed by atoms with Crippen LogP contribution in [-0.4, -0.2) is 31.3 Å².